The van der Waals surface area contributed by atoms with Crippen LogP contribution >= 0.6 is 34.8 Å². The Kier molecular flexibility index (Phi) is 3.23. The lowest BCUT2D eigenvalue weighted by Crippen LogP contribution is -2.68. The minimum Gasteiger partial charge on any atom is -0.374 e. The second-order valence-electron chi connectivity index (χ2n) is 4.32. The van der Waals surface area contributed by atoms with Gasteiger partial charge in [0, 0.05) is 5.70 Å². The van der Waals surface area contributed by atoms with Crippen LogP contribution in [0.5, 0.6) is 0 Å². The number of alkyl halides is 1. The molecule has 2 aliphatic heterocycles. The molecule has 1 fully saturated rings. The SMILES string of the molecule is O=C1NNC(O)C2NC3=CC(Cl)=C(Cl)C(Cl)C3N=C12. The fourth-order valence-corrected chi connectivity index (χ4v) is 2.95. The quantitative estimate of drug-likeness (QED) is 0.470. The van der Waals surface area contributed by atoms with Gasteiger partial charge in [-0.3, -0.25) is 15.2 Å². The van der Waals surface area contributed by atoms with E-state index in [4.69, 9.17) is 34.8 Å². The van der Waals surface area contributed by atoms with E-state index in [1.54, 1.807) is 6.08 Å². The molecule has 2 heterocycles. The molecule has 0 spiro atoms. The zero-order chi connectivity index (χ0) is 13.7. The first kappa shape index (κ1) is 13.2. The molecule has 4 N–H and O–H groups in total. The number of hydrazine groups is 1. The Morgan fingerprint density at radius 2 is 2.11 bits per heavy atom. The smallest absolute Gasteiger partial charge is 0.281 e. The predicted octanol–water partition coefficient (Wildman–Crippen LogP) is -0.0853. The van der Waals surface area contributed by atoms with Crippen LogP contribution in [0.3, 0.4) is 0 Å². The standard InChI is InChI=1S/C10H9Cl3N4O2/c11-2-1-3-6(5(13)4(2)12)15-8-7(14-3)9(18)16-17-10(8)19/h1,5-7,9,14,16,18H,(H,17,19). The fraction of sp³-hybridized carbons (Fsp3) is 0.400. The monoisotopic (exact) mass is 322 g/mol. The van der Waals surface area contributed by atoms with Crippen molar-refractivity contribution in [2.75, 3.05) is 0 Å². The van der Waals surface area contributed by atoms with Gasteiger partial charge in [0.25, 0.3) is 5.91 Å². The molecule has 1 aliphatic carbocycles. The van der Waals surface area contributed by atoms with Crippen LogP contribution in [0.4, 0.5) is 0 Å². The van der Waals surface area contributed by atoms with Gasteiger partial charge in [-0.1, -0.05) is 23.2 Å². The third-order valence-electron chi connectivity index (χ3n) is 3.13. The van der Waals surface area contributed by atoms with Gasteiger partial charge in [0.15, 0.2) is 0 Å². The highest BCUT2D eigenvalue weighted by Crippen LogP contribution is 2.36. The molecule has 0 saturated carbocycles. The molecule has 4 atom stereocenters. The molecule has 102 valence electrons. The van der Waals surface area contributed by atoms with Crippen molar-refractivity contribution < 1.29 is 9.90 Å². The lowest BCUT2D eigenvalue weighted by Gasteiger charge is -2.39. The summed E-state index contributed by atoms with van der Waals surface area (Å²) in [6, 6.07) is -1.17. The van der Waals surface area contributed by atoms with Gasteiger partial charge in [0.05, 0.1) is 15.4 Å². The Hall–Kier alpha value is -0.790. The van der Waals surface area contributed by atoms with Gasteiger partial charge in [0.2, 0.25) is 0 Å². The number of nitrogens with zero attached hydrogens (tertiary/aromatic N) is 1. The highest BCUT2D eigenvalue weighted by Gasteiger charge is 2.43. The second kappa shape index (κ2) is 4.64. The summed E-state index contributed by atoms with van der Waals surface area (Å²) in [5.41, 5.74) is 5.56. The molecule has 0 aromatic rings. The van der Waals surface area contributed by atoms with Gasteiger partial charge in [-0.15, -0.1) is 11.6 Å². The second-order valence-corrected chi connectivity index (χ2v) is 5.61. The van der Waals surface area contributed by atoms with Crippen LogP contribution in [0.15, 0.2) is 26.8 Å². The Morgan fingerprint density at radius 3 is 2.84 bits per heavy atom. The maximum atomic E-state index is 11.7. The normalized spacial score (nSPS) is 37.6. The Morgan fingerprint density at radius 1 is 1.37 bits per heavy atom. The van der Waals surface area contributed by atoms with Crippen molar-refractivity contribution in [3.05, 3.63) is 21.8 Å². The third kappa shape index (κ3) is 2.04. The van der Waals surface area contributed by atoms with E-state index in [2.05, 4.69) is 21.2 Å². The molecule has 0 radical (unpaired) electrons. The van der Waals surface area contributed by atoms with Gasteiger partial charge >= 0.3 is 0 Å². The maximum Gasteiger partial charge on any atom is 0.281 e. The van der Waals surface area contributed by atoms with Gasteiger partial charge in [-0.05, 0) is 6.08 Å². The van der Waals surface area contributed by atoms with Gasteiger partial charge in [-0.25, -0.2) is 5.43 Å². The van der Waals surface area contributed by atoms with E-state index in [-0.39, 0.29) is 10.7 Å². The van der Waals surface area contributed by atoms with Crippen LogP contribution < -0.4 is 16.2 Å². The third-order valence-corrected chi connectivity index (χ3v) is 4.54. The van der Waals surface area contributed by atoms with Crippen molar-refractivity contribution in [1.29, 1.82) is 0 Å². The molecule has 1 amide bonds. The number of fused-ring (bicyclic) bond motifs is 2. The molecule has 1 saturated heterocycles. The number of allylic oxidation sites excluding steroid dienone is 2. The summed E-state index contributed by atoms with van der Waals surface area (Å²) in [7, 11) is 0. The minimum absolute atomic E-state index is 0.182. The number of amides is 1. The number of aliphatic hydroxyl groups is 1. The van der Waals surface area contributed by atoms with Crippen LogP contribution in [0, 0.1) is 0 Å². The zero-order valence-corrected chi connectivity index (χ0v) is 11.6. The zero-order valence-electron chi connectivity index (χ0n) is 9.32. The summed E-state index contributed by atoms with van der Waals surface area (Å²) < 4.78 is 0. The number of aliphatic hydroxyl groups excluding tert-OH is 1. The van der Waals surface area contributed by atoms with Crippen molar-refractivity contribution in [3.8, 4) is 0 Å². The minimum atomic E-state index is -0.993. The van der Waals surface area contributed by atoms with E-state index in [9.17, 15) is 9.90 Å². The molecule has 6 nitrogen and oxygen atoms in total. The number of halogens is 3. The Labute approximate surface area is 123 Å². The maximum absolute atomic E-state index is 11.7. The summed E-state index contributed by atoms with van der Waals surface area (Å²) in [6.07, 6.45) is 0.611. The molecule has 3 rings (SSSR count). The number of carbonyl (C=O) groups excluding carboxylic acids is 1. The molecule has 19 heavy (non-hydrogen) atoms. The predicted molar refractivity (Wildman–Crippen MR) is 71.9 cm³/mol. The molecule has 4 unspecified atom stereocenters. The van der Waals surface area contributed by atoms with Crippen LogP contribution in [0.1, 0.15) is 0 Å². The Balaban J connectivity index is 2.04. The average molecular weight is 324 g/mol. The number of aliphatic imine (C=N–C) groups is 1. The molecular weight excluding hydrogens is 314 g/mol. The average Bonchev–Trinajstić information content (AvgIpc) is 2.39. The van der Waals surface area contributed by atoms with E-state index >= 15 is 0 Å². The van der Waals surface area contributed by atoms with Crippen LogP contribution in [0.25, 0.3) is 0 Å². The molecule has 0 bridgehead atoms. The summed E-state index contributed by atoms with van der Waals surface area (Å²) in [5.74, 6) is -0.414. The molecular formula is C10H9Cl3N4O2. The van der Waals surface area contributed by atoms with Gasteiger partial charge in [-0.2, -0.15) is 0 Å². The van der Waals surface area contributed by atoms with E-state index in [1.165, 1.54) is 0 Å². The Bertz CT molecular complexity index is 545. The first-order valence-corrected chi connectivity index (χ1v) is 6.67. The van der Waals surface area contributed by atoms with Crippen molar-refractivity contribution in [1.82, 2.24) is 16.2 Å². The van der Waals surface area contributed by atoms with E-state index < -0.39 is 29.6 Å². The van der Waals surface area contributed by atoms with Crippen molar-refractivity contribution in [3.63, 3.8) is 0 Å². The van der Waals surface area contributed by atoms with Crippen molar-refractivity contribution in [2.45, 2.75) is 23.7 Å². The summed E-state index contributed by atoms with van der Waals surface area (Å²) in [6.45, 7) is 0. The lowest BCUT2D eigenvalue weighted by atomic mass is 9.97. The largest absolute Gasteiger partial charge is 0.374 e. The summed E-state index contributed by atoms with van der Waals surface area (Å²) >= 11 is 18.1. The lowest BCUT2D eigenvalue weighted by molar-refractivity contribution is -0.118. The molecule has 0 aromatic heterocycles. The highest BCUT2D eigenvalue weighted by molar-refractivity contribution is 6.45. The van der Waals surface area contributed by atoms with Crippen molar-refractivity contribution >= 4 is 46.4 Å². The van der Waals surface area contributed by atoms with Crippen LogP contribution in [0.2, 0.25) is 0 Å². The molecule has 0 aromatic carbocycles. The number of hydrogen-bond acceptors (Lipinski definition) is 5. The van der Waals surface area contributed by atoms with E-state index in [1.807, 2.05) is 0 Å². The van der Waals surface area contributed by atoms with E-state index in [0.29, 0.717) is 10.7 Å². The topological polar surface area (TPSA) is 85.8 Å². The number of hydrogen-bond donors (Lipinski definition) is 4. The summed E-state index contributed by atoms with van der Waals surface area (Å²) in [4.78, 5) is 16.0. The van der Waals surface area contributed by atoms with Gasteiger partial charge in [0.1, 0.15) is 24.0 Å². The number of carbonyl (C=O) groups is 1. The first-order chi connectivity index (χ1) is 8.99. The van der Waals surface area contributed by atoms with Gasteiger partial charge < -0.3 is 10.4 Å². The van der Waals surface area contributed by atoms with Crippen molar-refractivity contribution in [2.24, 2.45) is 4.99 Å². The first-order valence-electron chi connectivity index (χ1n) is 5.48. The molecule has 3 aliphatic rings. The molecule has 9 heteroatoms. The summed E-state index contributed by atoms with van der Waals surface area (Å²) in [5, 5.41) is 12.8. The van der Waals surface area contributed by atoms with E-state index in [0.717, 1.165) is 0 Å². The number of rotatable bonds is 0. The number of nitrogens with one attached hydrogen (secondary N) is 3. The van der Waals surface area contributed by atoms with Crippen LogP contribution in [-0.4, -0.2) is 40.4 Å². The fourth-order valence-electron chi connectivity index (χ4n) is 2.17. The highest BCUT2D eigenvalue weighted by atomic mass is 35.5. The van der Waals surface area contributed by atoms with Crippen LogP contribution in [-0.2, 0) is 4.79 Å².